The summed E-state index contributed by atoms with van der Waals surface area (Å²) in [6.45, 7) is 8.13. The van der Waals surface area contributed by atoms with E-state index in [1.54, 1.807) is 42.5 Å². The van der Waals surface area contributed by atoms with E-state index in [4.69, 9.17) is 25.5 Å². The fraction of sp³-hybridized carbons (Fsp3) is 0.120. The van der Waals surface area contributed by atoms with E-state index in [0.717, 1.165) is 45.0 Å². The lowest BCUT2D eigenvalue weighted by atomic mass is 10.1. The summed E-state index contributed by atoms with van der Waals surface area (Å²) in [6.07, 6.45) is 1.48. The minimum Gasteiger partial charge on any atom is -0.459 e. The second-order valence-electron chi connectivity index (χ2n) is 13.9. The highest BCUT2D eigenvalue weighted by Gasteiger charge is 2.16. The summed E-state index contributed by atoms with van der Waals surface area (Å²) in [5.74, 6) is 0.942. The zero-order chi connectivity index (χ0) is 44.3. The summed E-state index contributed by atoms with van der Waals surface area (Å²) in [5.41, 5.74) is 8.84. The topological polar surface area (TPSA) is 148 Å². The number of anilines is 4. The smallest absolute Gasteiger partial charge is 0.291 e. The van der Waals surface area contributed by atoms with Crippen molar-refractivity contribution in [3.63, 3.8) is 0 Å². The van der Waals surface area contributed by atoms with E-state index in [1.807, 2.05) is 143 Å². The molecule has 0 spiro atoms. The summed E-state index contributed by atoms with van der Waals surface area (Å²) in [4.78, 5) is 46.4. The van der Waals surface area contributed by atoms with Gasteiger partial charge in [-0.3, -0.25) is 19.2 Å². The first-order valence-electron chi connectivity index (χ1n) is 19.5. The van der Waals surface area contributed by atoms with Crippen molar-refractivity contribution in [2.75, 3.05) is 33.9 Å². The molecule has 316 valence electrons. The first kappa shape index (κ1) is 45.5. The van der Waals surface area contributed by atoms with Crippen molar-refractivity contribution in [1.29, 1.82) is 0 Å². The van der Waals surface area contributed by atoms with Gasteiger partial charge in [-0.2, -0.15) is 0 Å². The number of benzene rings is 6. The summed E-state index contributed by atoms with van der Waals surface area (Å²) < 4.78 is 15.5. The molecule has 0 saturated carbocycles. The molecule has 62 heavy (non-hydrogen) atoms. The van der Waals surface area contributed by atoms with Crippen LogP contribution < -0.4 is 30.7 Å². The number of halogens is 1. The van der Waals surface area contributed by atoms with Gasteiger partial charge >= 0.3 is 0 Å². The van der Waals surface area contributed by atoms with Crippen LogP contribution in [0.3, 0.4) is 0 Å². The van der Waals surface area contributed by atoms with Crippen molar-refractivity contribution >= 4 is 58.0 Å². The van der Waals surface area contributed by atoms with Gasteiger partial charge in [-0.25, -0.2) is 0 Å². The van der Waals surface area contributed by atoms with Gasteiger partial charge in [0.05, 0.1) is 6.26 Å². The molecule has 1 aliphatic heterocycles. The number of furan rings is 1. The van der Waals surface area contributed by atoms with Gasteiger partial charge in [0, 0.05) is 33.9 Å². The van der Waals surface area contributed by atoms with Crippen LogP contribution in [0.25, 0.3) is 0 Å². The monoisotopic (exact) mass is 850 g/mol. The van der Waals surface area contributed by atoms with Gasteiger partial charge in [-0.1, -0.05) is 66.7 Å². The molecule has 0 fully saturated rings. The largest absolute Gasteiger partial charge is 0.459 e. The van der Waals surface area contributed by atoms with Gasteiger partial charge in [0.25, 0.3) is 17.7 Å². The molecule has 0 unspecified atom stereocenters. The Labute approximate surface area is 366 Å². The normalized spacial score (nSPS) is 10.5. The number of fused-ring (bicyclic) bond motifs is 1. The third-order valence-corrected chi connectivity index (χ3v) is 8.91. The van der Waals surface area contributed by atoms with Crippen LogP contribution >= 0.6 is 11.6 Å². The quantitative estimate of drug-likeness (QED) is 0.111. The van der Waals surface area contributed by atoms with Crippen LogP contribution in [0.15, 0.2) is 168 Å². The maximum absolute atomic E-state index is 12.1. The van der Waals surface area contributed by atoms with Crippen LogP contribution in [-0.4, -0.2) is 36.3 Å². The van der Waals surface area contributed by atoms with E-state index in [9.17, 15) is 19.2 Å². The number of aryl methyl sites for hydroxylation is 4. The van der Waals surface area contributed by atoms with Gasteiger partial charge in [-0.15, -0.1) is 11.6 Å². The second-order valence-corrected chi connectivity index (χ2v) is 14.2. The Morgan fingerprint density at radius 2 is 0.935 bits per heavy atom. The molecule has 11 nitrogen and oxygen atoms in total. The molecule has 0 radical (unpaired) electrons. The van der Waals surface area contributed by atoms with Crippen LogP contribution in [0.4, 0.5) is 22.7 Å². The van der Waals surface area contributed by atoms with Gasteiger partial charge < -0.3 is 35.2 Å². The van der Waals surface area contributed by atoms with Crippen molar-refractivity contribution in [3.05, 3.63) is 203 Å². The Hall–Kier alpha value is -7.63. The lowest BCUT2D eigenvalue weighted by Gasteiger charge is -2.06. The van der Waals surface area contributed by atoms with Gasteiger partial charge in [-0.05, 0) is 141 Å². The van der Waals surface area contributed by atoms with E-state index >= 15 is 0 Å². The number of rotatable bonds is 8. The van der Waals surface area contributed by atoms with Gasteiger partial charge in [0.15, 0.2) is 17.3 Å². The molecular weight excluding hydrogens is 804 g/mol. The predicted octanol–water partition coefficient (Wildman–Crippen LogP) is 11.2. The molecule has 0 aliphatic carbocycles. The minimum atomic E-state index is -0.231. The SMILES string of the molecule is Cc1cccc(NC(=O)CCl)c1.Cc1cccc(NC(=O)c2ccc3c(c2)OCO3)c1.Cc1cccc(NC(=O)c2ccccc2)c1.Cc1cccc(NC(=O)c2ccco2)c1. The molecule has 6 aromatic carbocycles. The Morgan fingerprint density at radius 1 is 0.468 bits per heavy atom. The fourth-order valence-electron chi connectivity index (χ4n) is 5.72. The molecule has 1 aromatic heterocycles. The molecule has 0 saturated heterocycles. The molecule has 2 heterocycles. The third kappa shape index (κ3) is 14.9. The van der Waals surface area contributed by atoms with Gasteiger partial charge in [0.2, 0.25) is 12.7 Å². The molecular formula is C50H47ClN4O7. The van der Waals surface area contributed by atoms with Crippen LogP contribution in [0, 0.1) is 27.7 Å². The van der Waals surface area contributed by atoms with E-state index in [1.165, 1.54) is 6.26 Å². The van der Waals surface area contributed by atoms with Crippen molar-refractivity contribution in [2.24, 2.45) is 0 Å². The Kier molecular flexibility index (Phi) is 17.0. The van der Waals surface area contributed by atoms with Crippen LogP contribution in [0.5, 0.6) is 11.5 Å². The molecule has 4 N–H and O–H groups in total. The Bertz CT molecular complexity index is 2580. The van der Waals surface area contributed by atoms with Crippen LogP contribution in [0.1, 0.15) is 53.5 Å². The van der Waals surface area contributed by atoms with Crippen molar-refractivity contribution in [1.82, 2.24) is 0 Å². The highest BCUT2D eigenvalue weighted by Crippen LogP contribution is 2.32. The first-order valence-corrected chi connectivity index (χ1v) is 20.0. The number of nitrogens with one attached hydrogen (secondary N) is 4. The van der Waals surface area contributed by atoms with Crippen LogP contribution in [-0.2, 0) is 4.79 Å². The van der Waals surface area contributed by atoms with Crippen molar-refractivity contribution in [3.8, 4) is 11.5 Å². The molecule has 0 bridgehead atoms. The lowest BCUT2D eigenvalue weighted by Crippen LogP contribution is -2.12. The molecule has 12 heteroatoms. The highest BCUT2D eigenvalue weighted by atomic mass is 35.5. The van der Waals surface area contributed by atoms with Crippen molar-refractivity contribution in [2.45, 2.75) is 27.7 Å². The number of hydrogen-bond acceptors (Lipinski definition) is 7. The molecule has 4 amide bonds. The second kappa shape index (κ2) is 23.2. The summed E-state index contributed by atoms with van der Waals surface area (Å²) in [5, 5.41) is 11.1. The number of hydrogen-bond donors (Lipinski definition) is 4. The maximum Gasteiger partial charge on any atom is 0.291 e. The third-order valence-electron chi connectivity index (χ3n) is 8.67. The summed E-state index contributed by atoms with van der Waals surface area (Å²) >= 11 is 5.33. The number of alkyl halides is 1. The Balaban J connectivity index is 0.000000158. The zero-order valence-electron chi connectivity index (χ0n) is 34.7. The standard InChI is InChI=1S/C15H13NO3.C14H13NO.C12H11NO2.C9H10ClNO/c1-10-3-2-4-12(7-10)16-15(17)11-5-6-13-14(8-11)19-9-18-13;1-11-6-5-9-13(10-11)15-14(16)12-7-3-2-4-8-12;1-9-4-2-5-10(8-9)13-12(14)11-6-3-7-15-11;1-7-3-2-4-8(5-7)11-9(12)6-10/h2-8H,9H2,1H3,(H,16,17);2-10H,1H3,(H,15,16);2-8H,1H3,(H,13,14);2-5H,6H2,1H3,(H,11,12). The number of carbonyl (C=O) groups is 4. The van der Waals surface area contributed by atoms with E-state index in [-0.39, 0.29) is 36.3 Å². The number of amides is 4. The fourth-order valence-corrected chi connectivity index (χ4v) is 5.79. The highest BCUT2D eigenvalue weighted by molar-refractivity contribution is 6.29. The molecule has 8 rings (SSSR count). The lowest BCUT2D eigenvalue weighted by molar-refractivity contribution is -0.113. The average Bonchev–Trinajstić information content (AvgIpc) is 3.98. The number of carbonyl (C=O) groups excluding carboxylic acids is 4. The minimum absolute atomic E-state index is 0.00601. The average molecular weight is 851 g/mol. The number of ether oxygens (including phenoxy) is 2. The van der Waals surface area contributed by atoms with E-state index < -0.39 is 0 Å². The van der Waals surface area contributed by atoms with Gasteiger partial charge in [0.1, 0.15) is 5.88 Å². The molecule has 0 atom stereocenters. The Morgan fingerprint density at radius 3 is 1.40 bits per heavy atom. The zero-order valence-corrected chi connectivity index (χ0v) is 35.5. The van der Waals surface area contributed by atoms with Crippen LogP contribution in [0.2, 0.25) is 0 Å². The first-order chi connectivity index (χ1) is 29.9. The molecule has 1 aliphatic rings. The maximum atomic E-state index is 12.1. The van der Waals surface area contributed by atoms with E-state index in [2.05, 4.69) is 21.3 Å². The van der Waals surface area contributed by atoms with Crippen molar-refractivity contribution < 1.29 is 33.1 Å². The summed E-state index contributed by atoms with van der Waals surface area (Å²) in [7, 11) is 0. The predicted molar refractivity (Wildman–Crippen MR) is 246 cm³/mol. The van der Waals surface area contributed by atoms with E-state index in [0.29, 0.717) is 28.4 Å². The summed E-state index contributed by atoms with van der Waals surface area (Å²) in [6, 6.07) is 48.3. The molecule has 7 aromatic rings.